The SMILES string of the molecule is CC1Cc2ccccc2N1c1cc(CNC2CC2)ccn1. The third kappa shape index (κ3) is 2.54. The molecule has 1 aromatic heterocycles. The van der Waals surface area contributed by atoms with Crippen molar-refractivity contribution < 1.29 is 0 Å². The highest BCUT2D eigenvalue weighted by atomic mass is 15.2. The van der Waals surface area contributed by atoms with Gasteiger partial charge in [-0.1, -0.05) is 18.2 Å². The van der Waals surface area contributed by atoms with Gasteiger partial charge in [-0.25, -0.2) is 4.98 Å². The lowest BCUT2D eigenvalue weighted by atomic mass is 10.1. The summed E-state index contributed by atoms with van der Waals surface area (Å²) in [6.45, 7) is 3.22. The van der Waals surface area contributed by atoms with Crippen LogP contribution < -0.4 is 10.2 Å². The fraction of sp³-hybridized carbons (Fsp3) is 0.389. The van der Waals surface area contributed by atoms with E-state index in [9.17, 15) is 0 Å². The van der Waals surface area contributed by atoms with Crippen molar-refractivity contribution in [2.45, 2.75) is 44.8 Å². The molecule has 0 amide bonds. The molecule has 3 nitrogen and oxygen atoms in total. The minimum absolute atomic E-state index is 0.474. The highest BCUT2D eigenvalue weighted by molar-refractivity contribution is 5.69. The van der Waals surface area contributed by atoms with Gasteiger partial charge in [-0.3, -0.25) is 0 Å². The maximum atomic E-state index is 4.61. The van der Waals surface area contributed by atoms with Crippen LogP contribution in [0.3, 0.4) is 0 Å². The van der Waals surface area contributed by atoms with Crippen LogP contribution in [0.5, 0.6) is 0 Å². The van der Waals surface area contributed by atoms with Gasteiger partial charge in [0.25, 0.3) is 0 Å². The van der Waals surface area contributed by atoms with Gasteiger partial charge >= 0.3 is 0 Å². The normalized spacial score (nSPS) is 20.6. The third-order valence-corrected chi connectivity index (χ3v) is 4.44. The lowest BCUT2D eigenvalue weighted by Crippen LogP contribution is -2.25. The topological polar surface area (TPSA) is 28.2 Å². The van der Waals surface area contributed by atoms with Crippen molar-refractivity contribution >= 4 is 11.5 Å². The molecule has 2 heterocycles. The molecule has 21 heavy (non-hydrogen) atoms. The van der Waals surface area contributed by atoms with Crippen LogP contribution in [0.15, 0.2) is 42.6 Å². The van der Waals surface area contributed by atoms with Crippen LogP contribution in [-0.4, -0.2) is 17.1 Å². The van der Waals surface area contributed by atoms with Crippen LogP contribution in [0.4, 0.5) is 11.5 Å². The number of nitrogens with one attached hydrogen (secondary N) is 1. The molecule has 3 heteroatoms. The quantitative estimate of drug-likeness (QED) is 0.929. The highest BCUT2D eigenvalue weighted by Gasteiger charge is 2.27. The zero-order valence-electron chi connectivity index (χ0n) is 12.4. The molecule has 1 unspecified atom stereocenters. The summed E-state index contributed by atoms with van der Waals surface area (Å²) in [4.78, 5) is 6.98. The molecule has 108 valence electrons. The number of anilines is 2. The number of rotatable bonds is 4. The Morgan fingerprint density at radius 2 is 2.10 bits per heavy atom. The van der Waals surface area contributed by atoms with Gasteiger partial charge in [-0.15, -0.1) is 0 Å². The summed E-state index contributed by atoms with van der Waals surface area (Å²) in [6, 6.07) is 14.2. The fourth-order valence-corrected chi connectivity index (χ4v) is 3.17. The van der Waals surface area contributed by atoms with Crippen molar-refractivity contribution in [2.24, 2.45) is 0 Å². The summed E-state index contributed by atoms with van der Waals surface area (Å²) in [6.07, 6.45) is 5.69. The first-order chi connectivity index (χ1) is 10.3. The van der Waals surface area contributed by atoms with E-state index in [1.807, 2.05) is 6.20 Å². The molecule has 0 bridgehead atoms. The molecule has 1 fully saturated rings. The number of benzene rings is 1. The molecule has 0 radical (unpaired) electrons. The van der Waals surface area contributed by atoms with Gasteiger partial charge in [-0.05, 0) is 55.5 Å². The molecule has 1 aliphatic heterocycles. The van der Waals surface area contributed by atoms with Crippen LogP contribution in [0.1, 0.15) is 30.9 Å². The van der Waals surface area contributed by atoms with E-state index in [1.165, 1.54) is 29.7 Å². The first-order valence-corrected chi connectivity index (χ1v) is 7.87. The molecular weight excluding hydrogens is 258 g/mol. The molecular formula is C18H21N3. The van der Waals surface area contributed by atoms with Crippen molar-refractivity contribution in [1.29, 1.82) is 0 Å². The van der Waals surface area contributed by atoms with Crippen LogP contribution in [0.25, 0.3) is 0 Å². The second-order valence-electron chi connectivity index (χ2n) is 6.23. The first-order valence-electron chi connectivity index (χ1n) is 7.87. The molecule has 2 aliphatic rings. The standard InChI is InChI=1S/C18H21N3/c1-13-10-15-4-2-3-5-17(15)21(13)18-11-14(8-9-19-18)12-20-16-6-7-16/h2-5,8-9,11,13,16,20H,6-7,10,12H2,1H3. The molecule has 1 saturated carbocycles. The summed E-state index contributed by atoms with van der Waals surface area (Å²) in [5.74, 6) is 1.07. The third-order valence-electron chi connectivity index (χ3n) is 4.44. The van der Waals surface area contributed by atoms with E-state index in [1.54, 1.807) is 0 Å². The second kappa shape index (κ2) is 5.15. The number of hydrogen-bond acceptors (Lipinski definition) is 3. The number of nitrogens with zero attached hydrogens (tertiary/aromatic N) is 2. The monoisotopic (exact) mass is 279 g/mol. The van der Waals surface area contributed by atoms with Crippen LogP contribution in [0.2, 0.25) is 0 Å². The summed E-state index contributed by atoms with van der Waals surface area (Å²) < 4.78 is 0. The average Bonchev–Trinajstić information content (AvgIpc) is 3.26. The second-order valence-corrected chi connectivity index (χ2v) is 6.23. The predicted molar refractivity (Wildman–Crippen MR) is 85.8 cm³/mol. The molecule has 1 N–H and O–H groups in total. The number of pyridine rings is 1. The van der Waals surface area contributed by atoms with Gasteiger partial charge in [0.2, 0.25) is 0 Å². The summed E-state index contributed by atoms with van der Waals surface area (Å²) >= 11 is 0. The Morgan fingerprint density at radius 3 is 2.95 bits per heavy atom. The Labute approximate surface area is 126 Å². The molecule has 1 aromatic carbocycles. The Hall–Kier alpha value is -1.87. The molecule has 4 rings (SSSR count). The zero-order chi connectivity index (χ0) is 14.2. The molecule has 2 aromatic rings. The van der Waals surface area contributed by atoms with E-state index in [0.717, 1.165) is 24.8 Å². The Balaban J connectivity index is 1.61. The number of fused-ring (bicyclic) bond motifs is 1. The largest absolute Gasteiger partial charge is 0.323 e. The van der Waals surface area contributed by atoms with Gasteiger partial charge in [0.05, 0.1) is 0 Å². The minimum atomic E-state index is 0.474. The summed E-state index contributed by atoms with van der Waals surface area (Å²) in [7, 11) is 0. The number of para-hydroxylation sites is 1. The maximum Gasteiger partial charge on any atom is 0.133 e. The van der Waals surface area contributed by atoms with Crippen LogP contribution in [-0.2, 0) is 13.0 Å². The molecule has 0 spiro atoms. The van der Waals surface area contributed by atoms with Crippen molar-refractivity contribution in [1.82, 2.24) is 10.3 Å². The van der Waals surface area contributed by atoms with E-state index in [2.05, 4.69) is 58.5 Å². The molecule has 1 aliphatic carbocycles. The van der Waals surface area contributed by atoms with Gasteiger partial charge < -0.3 is 10.2 Å². The first kappa shape index (κ1) is 12.8. The zero-order valence-corrected chi connectivity index (χ0v) is 12.4. The Bertz CT molecular complexity index is 648. The van der Waals surface area contributed by atoms with E-state index in [0.29, 0.717) is 6.04 Å². The van der Waals surface area contributed by atoms with Gasteiger partial charge in [0.15, 0.2) is 0 Å². The summed E-state index contributed by atoms with van der Waals surface area (Å²) in [5.41, 5.74) is 4.06. The van der Waals surface area contributed by atoms with Gasteiger partial charge in [0.1, 0.15) is 5.82 Å². The van der Waals surface area contributed by atoms with Crippen LogP contribution in [0, 0.1) is 0 Å². The number of aromatic nitrogens is 1. The Morgan fingerprint density at radius 1 is 1.24 bits per heavy atom. The average molecular weight is 279 g/mol. The van der Waals surface area contributed by atoms with Gasteiger partial charge in [0, 0.05) is 30.5 Å². The number of hydrogen-bond donors (Lipinski definition) is 1. The van der Waals surface area contributed by atoms with Crippen molar-refractivity contribution in [2.75, 3.05) is 4.90 Å². The van der Waals surface area contributed by atoms with E-state index < -0.39 is 0 Å². The van der Waals surface area contributed by atoms with E-state index in [4.69, 9.17) is 0 Å². The smallest absolute Gasteiger partial charge is 0.133 e. The Kier molecular flexibility index (Phi) is 3.15. The molecule has 1 atom stereocenters. The lowest BCUT2D eigenvalue weighted by molar-refractivity contribution is 0.685. The molecule has 0 saturated heterocycles. The maximum absolute atomic E-state index is 4.61. The lowest BCUT2D eigenvalue weighted by Gasteiger charge is -2.24. The highest BCUT2D eigenvalue weighted by Crippen LogP contribution is 2.37. The minimum Gasteiger partial charge on any atom is -0.323 e. The van der Waals surface area contributed by atoms with Crippen LogP contribution >= 0.6 is 0 Å². The summed E-state index contributed by atoms with van der Waals surface area (Å²) in [5, 5.41) is 3.57. The van der Waals surface area contributed by atoms with Crippen molar-refractivity contribution in [3.8, 4) is 0 Å². The van der Waals surface area contributed by atoms with Crippen molar-refractivity contribution in [3.63, 3.8) is 0 Å². The predicted octanol–water partition coefficient (Wildman–Crippen LogP) is 3.42. The fourth-order valence-electron chi connectivity index (χ4n) is 3.17. The van der Waals surface area contributed by atoms with Crippen molar-refractivity contribution in [3.05, 3.63) is 53.7 Å². The van der Waals surface area contributed by atoms with E-state index in [-0.39, 0.29) is 0 Å². The van der Waals surface area contributed by atoms with Gasteiger partial charge in [-0.2, -0.15) is 0 Å². The van der Waals surface area contributed by atoms with E-state index >= 15 is 0 Å².